The smallest absolute Gasteiger partial charge is 0.265 e. The summed E-state index contributed by atoms with van der Waals surface area (Å²) in [4.78, 5) is -0.210. The van der Waals surface area contributed by atoms with Crippen molar-refractivity contribution in [2.75, 3.05) is 10.5 Å². The molecule has 0 bridgehead atoms. The Morgan fingerprint density at radius 2 is 1.95 bits per heavy atom. The zero-order valence-corrected chi connectivity index (χ0v) is 13.1. The van der Waals surface area contributed by atoms with E-state index in [4.69, 9.17) is 17.3 Å². The van der Waals surface area contributed by atoms with Crippen LogP contribution in [0, 0.1) is 5.82 Å². The predicted molar refractivity (Wildman–Crippen MR) is 80.8 cm³/mol. The maximum absolute atomic E-state index is 13.0. The zero-order valence-electron chi connectivity index (χ0n) is 9.90. The van der Waals surface area contributed by atoms with Gasteiger partial charge in [-0.15, -0.1) is 0 Å². The number of hydrogen-bond donors (Lipinski definition) is 2. The van der Waals surface area contributed by atoms with Crippen molar-refractivity contribution < 1.29 is 12.8 Å². The molecular formula is C12H9BrClFN2O2S. The van der Waals surface area contributed by atoms with Crippen molar-refractivity contribution >= 4 is 48.9 Å². The van der Waals surface area contributed by atoms with Crippen molar-refractivity contribution in [2.24, 2.45) is 0 Å². The third-order valence-electron chi connectivity index (χ3n) is 2.44. The van der Waals surface area contributed by atoms with Gasteiger partial charge in [0.1, 0.15) is 10.7 Å². The first-order valence-corrected chi connectivity index (χ1v) is 7.98. The fraction of sp³-hybridized carbons (Fsp3) is 0. The van der Waals surface area contributed by atoms with E-state index < -0.39 is 15.8 Å². The van der Waals surface area contributed by atoms with Crippen LogP contribution in [0.1, 0.15) is 0 Å². The Balaban J connectivity index is 2.46. The van der Waals surface area contributed by atoms with E-state index in [0.29, 0.717) is 0 Å². The molecule has 0 amide bonds. The van der Waals surface area contributed by atoms with Gasteiger partial charge in [-0.2, -0.15) is 0 Å². The van der Waals surface area contributed by atoms with Gasteiger partial charge in [-0.1, -0.05) is 17.7 Å². The molecule has 0 heterocycles. The van der Waals surface area contributed by atoms with Crippen LogP contribution < -0.4 is 10.5 Å². The van der Waals surface area contributed by atoms with Gasteiger partial charge in [0.2, 0.25) is 0 Å². The molecule has 20 heavy (non-hydrogen) atoms. The molecule has 2 aromatic carbocycles. The highest BCUT2D eigenvalue weighted by Crippen LogP contribution is 2.31. The fourth-order valence-electron chi connectivity index (χ4n) is 1.58. The number of sulfonamides is 1. The third-order valence-corrected chi connectivity index (χ3v) is 5.01. The number of anilines is 2. The van der Waals surface area contributed by atoms with Crippen LogP contribution in [-0.2, 0) is 10.0 Å². The fourth-order valence-corrected chi connectivity index (χ4v) is 3.92. The number of halogens is 3. The highest BCUT2D eigenvalue weighted by molar-refractivity contribution is 9.10. The number of nitrogens with two attached hydrogens (primary N) is 1. The summed E-state index contributed by atoms with van der Waals surface area (Å²) in [6, 6.07) is 7.98. The maximum atomic E-state index is 13.0. The van der Waals surface area contributed by atoms with Crippen LogP contribution in [0.3, 0.4) is 0 Å². The molecule has 0 atom stereocenters. The lowest BCUT2D eigenvalue weighted by atomic mass is 10.3. The Bertz CT molecular complexity index is 748. The van der Waals surface area contributed by atoms with E-state index in [2.05, 4.69) is 20.7 Å². The van der Waals surface area contributed by atoms with Crippen molar-refractivity contribution in [3.8, 4) is 0 Å². The van der Waals surface area contributed by atoms with Crippen LogP contribution in [0.25, 0.3) is 0 Å². The largest absolute Gasteiger partial charge is 0.398 e. The monoisotopic (exact) mass is 378 g/mol. The summed E-state index contributed by atoms with van der Waals surface area (Å²) in [5.41, 5.74) is 5.86. The lowest BCUT2D eigenvalue weighted by molar-refractivity contribution is 0.601. The number of nitrogen functional groups attached to an aromatic ring is 1. The molecule has 106 valence electrons. The summed E-state index contributed by atoms with van der Waals surface area (Å²) in [5.74, 6) is -0.489. The molecular weight excluding hydrogens is 371 g/mol. The molecule has 0 aliphatic carbocycles. The highest BCUT2D eigenvalue weighted by Gasteiger charge is 2.22. The second-order valence-corrected chi connectivity index (χ2v) is 6.77. The normalized spacial score (nSPS) is 11.3. The van der Waals surface area contributed by atoms with Gasteiger partial charge in [0.15, 0.2) is 0 Å². The molecule has 0 saturated carbocycles. The van der Waals surface area contributed by atoms with Crippen molar-refractivity contribution in [2.45, 2.75) is 4.90 Å². The van der Waals surface area contributed by atoms with Crippen LogP contribution in [0.4, 0.5) is 15.8 Å². The second-order valence-electron chi connectivity index (χ2n) is 3.89. The minimum Gasteiger partial charge on any atom is -0.398 e. The van der Waals surface area contributed by atoms with E-state index in [1.165, 1.54) is 18.2 Å². The molecule has 0 spiro atoms. The average molecular weight is 380 g/mol. The molecule has 4 nitrogen and oxygen atoms in total. The van der Waals surface area contributed by atoms with E-state index in [1.54, 1.807) is 6.07 Å². The molecule has 0 fully saturated rings. The quantitative estimate of drug-likeness (QED) is 0.800. The van der Waals surface area contributed by atoms with Crippen molar-refractivity contribution in [3.05, 3.63) is 51.7 Å². The predicted octanol–water partition coefficient (Wildman–Crippen LogP) is 3.62. The van der Waals surface area contributed by atoms with Gasteiger partial charge in [0.25, 0.3) is 10.0 Å². The van der Waals surface area contributed by atoms with Gasteiger partial charge >= 0.3 is 0 Å². The van der Waals surface area contributed by atoms with E-state index in [-0.39, 0.29) is 25.8 Å². The van der Waals surface area contributed by atoms with Crippen LogP contribution in [0.15, 0.2) is 45.8 Å². The molecule has 2 aromatic rings. The van der Waals surface area contributed by atoms with Crippen molar-refractivity contribution in [3.63, 3.8) is 0 Å². The van der Waals surface area contributed by atoms with Crippen molar-refractivity contribution in [1.82, 2.24) is 0 Å². The van der Waals surface area contributed by atoms with Crippen LogP contribution in [0.5, 0.6) is 0 Å². The second kappa shape index (κ2) is 5.59. The molecule has 0 saturated heterocycles. The Morgan fingerprint density at radius 1 is 1.25 bits per heavy atom. The molecule has 0 aliphatic heterocycles. The summed E-state index contributed by atoms with van der Waals surface area (Å²) < 4.78 is 40.1. The molecule has 0 radical (unpaired) electrons. The molecule has 0 aliphatic rings. The lowest BCUT2D eigenvalue weighted by Crippen LogP contribution is -2.15. The van der Waals surface area contributed by atoms with Gasteiger partial charge in [-0.3, -0.25) is 4.72 Å². The Kier molecular flexibility index (Phi) is 4.22. The maximum Gasteiger partial charge on any atom is 0.265 e. The lowest BCUT2D eigenvalue weighted by Gasteiger charge is -2.12. The van der Waals surface area contributed by atoms with Crippen LogP contribution in [-0.4, -0.2) is 8.42 Å². The summed E-state index contributed by atoms with van der Waals surface area (Å²) in [7, 11) is -3.97. The molecule has 0 unspecified atom stereocenters. The van der Waals surface area contributed by atoms with Crippen LogP contribution in [0.2, 0.25) is 5.02 Å². The molecule has 2 rings (SSSR count). The first-order chi connectivity index (χ1) is 9.31. The Hall–Kier alpha value is -1.31. The summed E-state index contributed by atoms with van der Waals surface area (Å²) >= 11 is 8.95. The average Bonchev–Trinajstić information content (AvgIpc) is 2.32. The van der Waals surface area contributed by atoms with Crippen LogP contribution >= 0.6 is 27.5 Å². The number of benzene rings is 2. The Morgan fingerprint density at radius 3 is 2.55 bits per heavy atom. The SMILES string of the molecule is Nc1cccc(Cl)c1S(=O)(=O)Nc1ccc(F)cc1Br. The number of rotatable bonds is 3. The topological polar surface area (TPSA) is 72.2 Å². The van der Waals surface area contributed by atoms with E-state index >= 15 is 0 Å². The van der Waals surface area contributed by atoms with E-state index in [9.17, 15) is 12.8 Å². The summed E-state index contributed by atoms with van der Waals surface area (Å²) in [5, 5.41) is 0.00994. The third kappa shape index (κ3) is 3.05. The molecule has 0 aromatic heterocycles. The number of nitrogens with one attached hydrogen (secondary N) is 1. The minimum atomic E-state index is -3.97. The minimum absolute atomic E-state index is 0.00994. The number of hydrogen-bond acceptors (Lipinski definition) is 3. The van der Waals surface area contributed by atoms with E-state index in [1.807, 2.05) is 0 Å². The zero-order chi connectivity index (χ0) is 14.9. The first kappa shape index (κ1) is 15.1. The van der Waals surface area contributed by atoms with Gasteiger partial charge in [-0.05, 0) is 46.3 Å². The standard InChI is InChI=1S/C12H9BrClFN2O2S/c13-8-6-7(15)4-5-11(8)17-20(18,19)12-9(14)2-1-3-10(12)16/h1-6,17H,16H2. The Labute approximate surface area is 128 Å². The first-order valence-electron chi connectivity index (χ1n) is 5.33. The molecule has 3 N–H and O–H groups in total. The highest BCUT2D eigenvalue weighted by atomic mass is 79.9. The summed E-state index contributed by atoms with van der Waals surface area (Å²) in [6.45, 7) is 0. The van der Waals surface area contributed by atoms with Gasteiger partial charge in [-0.25, -0.2) is 12.8 Å². The summed E-state index contributed by atoms with van der Waals surface area (Å²) in [6.07, 6.45) is 0. The van der Waals surface area contributed by atoms with E-state index in [0.717, 1.165) is 12.1 Å². The van der Waals surface area contributed by atoms with Gasteiger partial charge in [0.05, 0.1) is 16.4 Å². The van der Waals surface area contributed by atoms with Gasteiger partial charge < -0.3 is 5.73 Å². The van der Waals surface area contributed by atoms with Crippen molar-refractivity contribution in [1.29, 1.82) is 0 Å². The molecule has 8 heteroatoms. The van der Waals surface area contributed by atoms with Gasteiger partial charge in [0, 0.05) is 4.47 Å².